The number of aromatic amines is 1. The molecule has 0 aliphatic carbocycles. The van der Waals surface area contributed by atoms with Crippen molar-refractivity contribution < 1.29 is 13.2 Å². The van der Waals surface area contributed by atoms with E-state index in [2.05, 4.69) is 15.3 Å². The highest BCUT2D eigenvalue weighted by Gasteiger charge is 2.36. The maximum atomic E-state index is 12.8. The van der Waals surface area contributed by atoms with Crippen LogP contribution in [0.3, 0.4) is 0 Å². The molecule has 3 heterocycles. The van der Waals surface area contributed by atoms with Gasteiger partial charge in [-0.3, -0.25) is 4.79 Å². The normalized spacial score (nSPS) is 19.6. The molecule has 1 amide bonds. The van der Waals surface area contributed by atoms with Crippen LogP contribution in [0.2, 0.25) is 5.02 Å². The average Bonchev–Trinajstić information content (AvgIpc) is 3.13. The third-order valence-electron chi connectivity index (χ3n) is 3.85. The van der Waals surface area contributed by atoms with Crippen LogP contribution in [0.4, 0.5) is 0 Å². The van der Waals surface area contributed by atoms with Crippen LogP contribution in [-0.2, 0) is 14.8 Å². The molecule has 118 valence electrons. The fraction of sp³-hybridized carbons (Fsp3) is 0.385. The van der Waals surface area contributed by atoms with Crippen molar-refractivity contribution in [2.75, 3.05) is 20.1 Å². The van der Waals surface area contributed by atoms with E-state index in [-0.39, 0.29) is 23.3 Å². The van der Waals surface area contributed by atoms with Gasteiger partial charge >= 0.3 is 0 Å². The van der Waals surface area contributed by atoms with E-state index in [1.165, 1.54) is 16.7 Å². The van der Waals surface area contributed by atoms with Crippen molar-refractivity contribution in [3.63, 3.8) is 0 Å². The van der Waals surface area contributed by atoms with E-state index in [4.69, 9.17) is 11.6 Å². The Balaban J connectivity index is 1.96. The van der Waals surface area contributed by atoms with Crippen molar-refractivity contribution in [3.05, 3.63) is 23.5 Å². The van der Waals surface area contributed by atoms with E-state index in [1.807, 2.05) is 0 Å². The molecule has 0 aromatic carbocycles. The van der Waals surface area contributed by atoms with Gasteiger partial charge in [-0.1, -0.05) is 11.6 Å². The molecule has 0 radical (unpaired) electrons. The van der Waals surface area contributed by atoms with Crippen LogP contribution < -0.4 is 5.32 Å². The SMILES string of the molecule is CNC(=O)C1CCN(S(=O)(=O)c2c[nH]c3ncc(Cl)cc23)C1. The molecule has 22 heavy (non-hydrogen) atoms. The van der Waals surface area contributed by atoms with Gasteiger partial charge in [0.2, 0.25) is 15.9 Å². The number of nitrogens with one attached hydrogen (secondary N) is 2. The Bertz CT molecular complexity index is 833. The summed E-state index contributed by atoms with van der Waals surface area (Å²) in [6.45, 7) is 0.504. The number of fused-ring (bicyclic) bond motifs is 1. The average molecular weight is 343 g/mol. The summed E-state index contributed by atoms with van der Waals surface area (Å²) in [6.07, 6.45) is 3.38. The van der Waals surface area contributed by atoms with Crippen LogP contribution in [0.1, 0.15) is 6.42 Å². The highest BCUT2D eigenvalue weighted by atomic mass is 35.5. The molecule has 2 aromatic rings. The number of H-pyrrole nitrogens is 1. The number of aromatic nitrogens is 2. The molecule has 1 saturated heterocycles. The van der Waals surface area contributed by atoms with E-state index >= 15 is 0 Å². The summed E-state index contributed by atoms with van der Waals surface area (Å²) in [6, 6.07) is 1.57. The number of carbonyl (C=O) groups is 1. The van der Waals surface area contributed by atoms with E-state index in [9.17, 15) is 13.2 Å². The van der Waals surface area contributed by atoms with Gasteiger partial charge in [0.1, 0.15) is 10.5 Å². The molecule has 1 fully saturated rings. The first-order chi connectivity index (χ1) is 10.4. The standard InChI is InChI=1S/C13H15ClN4O3S/c1-15-13(19)8-2-3-18(7-8)22(20,21)11-6-17-12-10(11)4-9(14)5-16-12/h4-6,8H,2-3,7H2,1H3,(H,15,19)(H,16,17). The predicted molar refractivity (Wildman–Crippen MR) is 82.0 cm³/mol. The highest BCUT2D eigenvalue weighted by Crippen LogP contribution is 2.29. The molecule has 9 heteroatoms. The van der Waals surface area contributed by atoms with Gasteiger partial charge in [-0.15, -0.1) is 0 Å². The van der Waals surface area contributed by atoms with E-state index < -0.39 is 10.0 Å². The lowest BCUT2D eigenvalue weighted by atomic mass is 10.1. The molecule has 1 aliphatic heterocycles. The highest BCUT2D eigenvalue weighted by molar-refractivity contribution is 7.89. The Kier molecular flexibility index (Phi) is 3.84. The second-order valence-corrected chi connectivity index (χ2v) is 7.51. The number of hydrogen-bond acceptors (Lipinski definition) is 4. The van der Waals surface area contributed by atoms with Crippen molar-refractivity contribution >= 4 is 38.6 Å². The van der Waals surface area contributed by atoms with Gasteiger partial charge in [0.15, 0.2) is 0 Å². The third kappa shape index (κ3) is 2.47. The molecule has 0 spiro atoms. The van der Waals surface area contributed by atoms with Gasteiger partial charge in [-0.05, 0) is 12.5 Å². The van der Waals surface area contributed by atoms with Crippen molar-refractivity contribution in [2.24, 2.45) is 5.92 Å². The van der Waals surface area contributed by atoms with Gasteiger partial charge in [-0.2, -0.15) is 4.31 Å². The first-order valence-electron chi connectivity index (χ1n) is 6.78. The quantitative estimate of drug-likeness (QED) is 0.869. The lowest BCUT2D eigenvalue weighted by Crippen LogP contribution is -2.33. The fourth-order valence-electron chi connectivity index (χ4n) is 2.67. The molecule has 1 unspecified atom stereocenters. The summed E-state index contributed by atoms with van der Waals surface area (Å²) >= 11 is 5.90. The Morgan fingerprint density at radius 1 is 1.55 bits per heavy atom. The second kappa shape index (κ2) is 5.53. The van der Waals surface area contributed by atoms with Gasteiger partial charge in [-0.25, -0.2) is 13.4 Å². The van der Waals surface area contributed by atoms with E-state index in [1.54, 1.807) is 13.1 Å². The molecule has 3 rings (SSSR count). The minimum Gasteiger partial charge on any atom is -0.359 e. The third-order valence-corrected chi connectivity index (χ3v) is 5.96. The molecule has 2 aromatic heterocycles. The summed E-state index contributed by atoms with van der Waals surface area (Å²) in [7, 11) is -2.14. The predicted octanol–water partition coefficient (Wildman–Crippen LogP) is 0.973. The number of pyridine rings is 1. The number of hydrogen-bond donors (Lipinski definition) is 2. The monoisotopic (exact) mass is 342 g/mol. The number of rotatable bonds is 3. The zero-order valence-electron chi connectivity index (χ0n) is 11.8. The van der Waals surface area contributed by atoms with Gasteiger partial charge in [0.05, 0.1) is 10.9 Å². The molecule has 0 saturated carbocycles. The number of sulfonamides is 1. The first-order valence-corrected chi connectivity index (χ1v) is 8.59. The number of amides is 1. The molecule has 1 atom stereocenters. The minimum atomic E-state index is -3.69. The Morgan fingerprint density at radius 2 is 2.32 bits per heavy atom. The van der Waals surface area contributed by atoms with Gasteiger partial charge in [0.25, 0.3) is 0 Å². The smallest absolute Gasteiger partial charge is 0.245 e. The van der Waals surface area contributed by atoms with Gasteiger partial charge in [0, 0.05) is 37.9 Å². The molecule has 0 bridgehead atoms. The summed E-state index contributed by atoms with van der Waals surface area (Å²) in [4.78, 5) is 18.7. The van der Waals surface area contributed by atoms with Crippen LogP contribution in [0.25, 0.3) is 11.0 Å². The maximum absolute atomic E-state index is 12.8. The van der Waals surface area contributed by atoms with E-state index in [0.717, 1.165) is 0 Å². The Labute approximate surface area is 132 Å². The van der Waals surface area contributed by atoms with Gasteiger partial charge < -0.3 is 10.3 Å². The maximum Gasteiger partial charge on any atom is 0.245 e. The lowest BCUT2D eigenvalue weighted by molar-refractivity contribution is -0.123. The van der Waals surface area contributed by atoms with Crippen LogP contribution >= 0.6 is 11.6 Å². The van der Waals surface area contributed by atoms with Crippen LogP contribution in [0.5, 0.6) is 0 Å². The Hall–Kier alpha value is -1.64. The molecular formula is C13H15ClN4O3S. The van der Waals surface area contributed by atoms with Crippen LogP contribution in [0.15, 0.2) is 23.4 Å². The first kappa shape index (κ1) is 15.3. The van der Waals surface area contributed by atoms with E-state index in [0.29, 0.717) is 29.0 Å². The second-order valence-electron chi connectivity index (χ2n) is 5.17. The van der Waals surface area contributed by atoms with Crippen molar-refractivity contribution in [1.29, 1.82) is 0 Å². The summed E-state index contributed by atoms with van der Waals surface area (Å²) < 4.78 is 26.9. The molecular weight excluding hydrogens is 328 g/mol. The fourth-order valence-corrected chi connectivity index (χ4v) is 4.47. The van der Waals surface area contributed by atoms with Crippen molar-refractivity contribution in [2.45, 2.75) is 11.3 Å². The molecule has 1 aliphatic rings. The minimum absolute atomic E-state index is 0.134. The summed E-state index contributed by atoms with van der Waals surface area (Å²) in [5, 5.41) is 3.38. The van der Waals surface area contributed by atoms with Crippen LogP contribution in [0, 0.1) is 5.92 Å². The Morgan fingerprint density at radius 3 is 3.05 bits per heavy atom. The van der Waals surface area contributed by atoms with Crippen molar-refractivity contribution in [1.82, 2.24) is 19.6 Å². The number of halogens is 1. The van der Waals surface area contributed by atoms with Crippen molar-refractivity contribution in [3.8, 4) is 0 Å². The lowest BCUT2D eigenvalue weighted by Gasteiger charge is -2.15. The topological polar surface area (TPSA) is 95.2 Å². The zero-order chi connectivity index (χ0) is 15.9. The number of nitrogens with zero attached hydrogens (tertiary/aromatic N) is 2. The summed E-state index contributed by atoms with van der Waals surface area (Å²) in [5.41, 5.74) is 0.463. The zero-order valence-corrected chi connectivity index (χ0v) is 13.4. The largest absolute Gasteiger partial charge is 0.359 e. The molecule has 2 N–H and O–H groups in total. The summed E-state index contributed by atoms with van der Waals surface area (Å²) in [5.74, 6) is -0.451. The number of carbonyl (C=O) groups excluding carboxylic acids is 1. The molecule has 7 nitrogen and oxygen atoms in total. The van der Waals surface area contributed by atoms with Crippen LogP contribution in [-0.4, -0.2) is 48.7 Å².